The first-order chi connectivity index (χ1) is 9.06. The first kappa shape index (κ1) is 14.0. The van der Waals surface area contributed by atoms with Crippen molar-refractivity contribution in [3.63, 3.8) is 0 Å². The lowest BCUT2D eigenvalue weighted by molar-refractivity contribution is 0.0607. The molecule has 0 aliphatic carbocycles. The number of aryl methyl sites for hydroxylation is 1. The molecule has 1 atom stereocenters. The highest BCUT2D eigenvalue weighted by molar-refractivity contribution is 6.02. The molecule has 0 bridgehead atoms. The van der Waals surface area contributed by atoms with E-state index in [0.717, 1.165) is 34.5 Å². The van der Waals surface area contributed by atoms with Gasteiger partial charge in [0, 0.05) is 12.1 Å². The van der Waals surface area contributed by atoms with Gasteiger partial charge in [0.05, 0.1) is 26.4 Å². The summed E-state index contributed by atoms with van der Waals surface area (Å²) in [4.78, 5) is 12.5. The molecule has 0 radical (unpaired) electrons. The highest BCUT2D eigenvalue weighted by Gasteiger charge is 2.25. The Morgan fingerprint density at radius 1 is 1.37 bits per heavy atom. The van der Waals surface area contributed by atoms with Crippen molar-refractivity contribution in [3.05, 3.63) is 28.3 Å². The van der Waals surface area contributed by atoms with E-state index >= 15 is 0 Å². The van der Waals surface area contributed by atoms with Gasteiger partial charge in [-0.25, -0.2) is 0 Å². The quantitative estimate of drug-likeness (QED) is 0.845. The Hall–Kier alpha value is -1.39. The normalized spacial score (nSPS) is 19.3. The maximum atomic E-state index is 12.5. The SMILES string of the molecule is COc1c(C)cc(C(=O)C2COCCN2)c(C)c1C. The largest absolute Gasteiger partial charge is 0.496 e. The summed E-state index contributed by atoms with van der Waals surface area (Å²) >= 11 is 0. The molecule has 0 aromatic heterocycles. The van der Waals surface area contributed by atoms with Crippen LogP contribution in [0.4, 0.5) is 0 Å². The molecule has 1 aromatic rings. The summed E-state index contributed by atoms with van der Waals surface area (Å²) in [6.45, 7) is 7.76. The van der Waals surface area contributed by atoms with Crippen molar-refractivity contribution in [2.24, 2.45) is 0 Å². The third-order valence-electron chi connectivity index (χ3n) is 3.73. The van der Waals surface area contributed by atoms with Crippen LogP contribution in [0.3, 0.4) is 0 Å². The van der Waals surface area contributed by atoms with Crippen molar-refractivity contribution >= 4 is 5.78 Å². The number of ketones is 1. The Morgan fingerprint density at radius 3 is 2.68 bits per heavy atom. The molecule has 1 heterocycles. The fraction of sp³-hybridized carbons (Fsp3) is 0.533. The number of rotatable bonds is 3. The summed E-state index contributed by atoms with van der Waals surface area (Å²) in [6, 6.07) is 1.68. The Morgan fingerprint density at radius 2 is 2.11 bits per heavy atom. The zero-order chi connectivity index (χ0) is 14.0. The third-order valence-corrected chi connectivity index (χ3v) is 3.73. The minimum absolute atomic E-state index is 0.103. The number of morpholine rings is 1. The van der Waals surface area contributed by atoms with Gasteiger partial charge in [0.15, 0.2) is 5.78 Å². The number of ether oxygens (including phenoxy) is 2. The molecule has 2 rings (SSSR count). The minimum Gasteiger partial charge on any atom is -0.496 e. The van der Waals surface area contributed by atoms with E-state index in [0.29, 0.717) is 13.2 Å². The average Bonchev–Trinajstić information content (AvgIpc) is 2.43. The van der Waals surface area contributed by atoms with E-state index in [1.165, 1.54) is 0 Å². The van der Waals surface area contributed by atoms with Gasteiger partial charge in [0.25, 0.3) is 0 Å². The van der Waals surface area contributed by atoms with Crippen LogP contribution in [-0.4, -0.2) is 38.7 Å². The van der Waals surface area contributed by atoms with Crippen molar-refractivity contribution in [2.75, 3.05) is 26.9 Å². The Kier molecular flexibility index (Phi) is 4.22. The van der Waals surface area contributed by atoms with E-state index in [1.807, 2.05) is 26.8 Å². The number of Topliss-reactive ketones (excluding diaryl/α,β-unsaturated/α-hetero) is 1. The van der Waals surface area contributed by atoms with Crippen LogP contribution in [0, 0.1) is 20.8 Å². The maximum Gasteiger partial charge on any atom is 0.182 e. The van der Waals surface area contributed by atoms with Gasteiger partial charge in [-0.1, -0.05) is 0 Å². The number of nitrogens with one attached hydrogen (secondary N) is 1. The molecule has 1 aliphatic heterocycles. The highest BCUT2D eigenvalue weighted by atomic mass is 16.5. The number of carbonyl (C=O) groups excluding carboxylic acids is 1. The smallest absolute Gasteiger partial charge is 0.182 e. The minimum atomic E-state index is -0.236. The van der Waals surface area contributed by atoms with E-state index in [2.05, 4.69) is 5.32 Å². The van der Waals surface area contributed by atoms with Crippen LogP contribution in [0.15, 0.2) is 6.07 Å². The van der Waals surface area contributed by atoms with Crippen LogP contribution in [0.2, 0.25) is 0 Å². The zero-order valence-electron chi connectivity index (χ0n) is 12.0. The van der Waals surface area contributed by atoms with Crippen molar-refractivity contribution in [1.82, 2.24) is 5.32 Å². The van der Waals surface area contributed by atoms with E-state index in [1.54, 1.807) is 7.11 Å². The standard InChI is InChI=1S/C15H21NO3/c1-9-7-12(10(2)11(3)15(9)18-4)14(17)13-8-19-6-5-16-13/h7,13,16H,5-6,8H2,1-4H3. The topological polar surface area (TPSA) is 47.6 Å². The Bertz CT molecular complexity index is 491. The predicted octanol–water partition coefficient (Wildman–Crippen LogP) is 1.79. The molecule has 0 spiro atoms. The highest BCUT2D eigenvalue weighted by Crippen LogP contribution is 2.29. The number of benzene rings is 1. The van der Waals surface area contributed by atoms with E-state index in [-0.39, 0.29) is 11.8 Å². The molecular formula is C15H21NO3. The molecule has 19 heavy (non-hydrogen) atoms. The fourth-order valence-electron chi connectivity index (χ4n) is 2.55. The van der Waals surface area contributed by atoms with Gasteiger partial charge < -0.3 is 14.8 Å². The number of hydrogen-bond donors (Lipinski definition) is 1. The van der Waals surface area contributed by atoms with Crippen LogP contribution < -0.4 is 10.1 Å². The predicted molar refractivity (Wildman–Crippen MR) is 74.1 cm³/mol. The van der Waals surface area contributed by atoms with E-state index < -0.39 is 0 Å². The van der Waals surface area contributed by atoms with Crippen LogP contribution in [0.1, 0.15) is 27.0 Å². The summed E-state index contributed by atoms with van der Waals surface area (Å²) in [6.07, 6.45) is 0. The molecule has 4 heteroatoms. The van der Waals surface area contributed by atoms with Crippen LogP contribution in [0.5, 0.6) is 5.75 Å². The van der Waals surface area contributed by atoms with Crippen molar-refractivity contribution in [1.29, 1.82) is 0 Å². The second kappa shape index (κ2) is 5.72. The molecule has 4 nitrogen and oxygen atoms in total. The number of methoxy groups -OCH3 is 1. The van der Waals surface area contributed by atoms with Crippen LogP contribution in [0.25, 0.3) is 0 Å². The summed E-state index contributed by atoms with van der Waals surface area (Å²) in [5.74, 6) is 0.966. The summed E-state index contributed by atoms with van der Waals surface area (Å²) in [5.41, 5.74) is 3.77. The first-order valence-electron chi connectivity index (χ1n) is 6.56. The van der Waals surface area contributed by atoms with E-state index in [4.69, 9.17) is 9.47 Å². The lowest BCUT2D eigenvalue weighted by Crippen LogP contribution is -2.46. The van der Waals surface area contributed by atoms with E-state index in [9.17, 15) is 4.79 Å². The summed E-state index contributed by atoms with van der Waals surface area (Å²) in [5, 5.41) is 3.21. The fourth-order valence-corrected chi connectivity index (χ4v) is 2.55. The number of hydrogen-bond acceptors (Lipinski definition) is 4. The van der Waals surface area contributed by atoms with Gasteiger partial charge in [0.2, 0.25) is 0 Å². The molecule has 1 saturated heterocycles. The molecule has 1 aromatic carbocycles. The Balaban J connectivity index is 2.36. The lowest BCUT2D eigenvalue weighted by atomic mass is 9.93. The van der Waals surface area contributed by atoms with Crippen molar-refractivity contribution < 1.29 is 14.3 Å². The molecule has 1 N–H and O–H groups in total. The van der Waals surface area contributed by atoms with Crippen LogP contribution >= 0.6 is 0 Å². The summed E-state index contributed by atoms with van der Waals surface area (Å²) < 4.78 is 10.7. The molecule has 1 unspecified atom stereocenters. The maximum absolute atomic E-state index is 12.5. The second-order valence-corrected chi connectivity index (χ2v) is 4.97. The second-order valence-electron chi connectivity index (χ2n) is 4.97. The van der Waals surface area contributed by atoms with Gasteiger partial charge >= 0.3 is 0 Å². The zero-order valence-corrected chi connectivity index (χ0v) is 12.0. The molecule has 1 aliphatic rings. The average molecular weight is 263 g/mol. The van der Waals surface area contributed by atoms with Crippen molar-refractivity contribution in [3.8, 4) is 5.75 Å². The van der Waals surface area contributed by atoms with Gasteiger partial charge in [-0.2, -0.15) is 0 Å². The van der Waals surface area contributed by atoms with Gasteiger partial charge in [-0.15, -0.1) is 0 Å². The molecular weight excluding hydrogens is 242 g/mol. The molecule has 0 saturated carbocycles. The van der Waals surface area contributed by atoms with Gasteiger partial charge in [-0.05, 0) is 43.5 Å². The molecule has 1 fully saturated rings. The van der Waals surface area contributed by atoms with Crippen LogP contribution in [-0.2, 0) is 4.74 Å². The van der Waals surface area contributed by atoms with Gasteiger partial charge in [0.1, 0.15) is 5.75 Å². The summed E-state index contributed by atoms with van der Waals surface area (Å²) in [7, 11) is 1.66. The van der Waals surface area contributed by atoms with Crippen molar-refractivity contribution in [2.45, 2.75) is 26.8 Å². The number of carbonyl (C=O) groups is 1. The molecule has 0 amide bonds. The monoisotopic (exact) mass is 263 g/mol. The lowest BCUT2D eigenvalue weighted by Gasteiger charge is -2.24. The third kappa shape index (κ3) is 2.65. The molecule has 104 valence electrons. The first-order valence-corrected chi connectivity index (χ1v) is 6.56. The Labute approximate surface area is 114 Å². The van der Waals surface area contributed by atoms with Gasteiger partial charge in [-0.3, -0.25) is 4.79 Å².